The molecule has 0 saturated heterocycles. The van der Waals surface area contributed by atoms with E-state index in [0.29, 0.717) is 5.69 Å². The second-order valence-corrected chi connectivity index (χ2v) is 5.72. The fraction of sp³-hybridized carbons (Fsp3) is 0.250. The number of nitrogens with zero attached hydrogens (tertiary/aromatic N) is 1. The molecule has 0 bridgehead atoms. The maximum Gasteiger partial charge on any atom is 0.340 e. The Morgan fingerprint density at radius 2 is 2.00 bits per heavy atom. The van der Waals surface area contributed by atoms with Crippen molar-refractivity contribution in [3.05, 3.63) is 51.2 Å². The summed E-state index contributed by atoms with van der Waals surface area (Å²) in [5, 5.41) is 0. The van der Waals surface area contributed by atoms with Crippen molar-refractivity contribution in [1.82, 2.24) is 0 Å². The molecular weight excluding hydrogens is 325 g/mol. The molecule has 0 fully saturated rings. The molecule has 0 aliphatic carbocycles. The Morgan fingerprint density at radius 1 is 1.32 bits per heavy atom. The molecule has 4 nitrogen and oxygen atoms in total. The zero-order chi connectivity index (χ0) is 16.4. The van der Waals surface area contributed by atoms with Crippen LogP contribution in [0.2, 0.25) is 0 Å². The molecule has 0 saturated carbocycles. The molecule has 0 radical (unpaired) electrons. The van der Waals surface area contributed by atoms with Gasteiger partial charge in [0.2, 0.25) is 0 Å². The van der Waals surface area contributed by atoms with Crippen molar-refractivity contribution in [2.45, 2.75) is 20.3 Å². The molecule has 0 spiro atoms. The third-order valence-corrected chi connectivity index (χ3v) is 3.84. The normalized spacial score (nSPS) is 14.2. The Kier molecular flexibility index (Phi) is 4.94. The molecule has 0 N–H and O–H groups in total. The lowest BCUT2D eigenvalue weighted by atomic mass is 10.0. The van der Waals surface area contributed by atoms with Crippen molar-refractivity contribution in [1.29, 1.82) is 0 Å². The summed E-state index contributed by atoms with van der Waals surface area (Å²) >= 11 is 11.9. The van der Waals surface area contributed by atoms with E-state index in [1.807, 2.05) is 32.0 Å². The van der Waals surface area contributed by atoms with Crippen LogP contribution in [-0.4, -0.2) is 19.0 Å². The number of halogens is 2. The second kappa shape index (κ2) is 6.55. The Morgan fingerprint density at radius 3 is 2.55 bits per heavy atom. The summed E-state index contributed by atoms with van der Waals surface area (Å²) in [4.78, 5) is 25.7. The first kappa shape index (κ1) is 16.6. The third kappa shape index (κ3) is 2.76. The Hall–Kier alpha value is -1.78. The van der Waals surface area contributed by atoms with Gasteiger partial charge in [-0.15, -0.1) is 0 Å². The number of anilines is 1. The van der Waals surface area contributed by atoms with Crippen LogP contribution >= 0.6 is 23.2 Å². The molecule has 6 heteroatoms. The molecule has 2 rings (SSSR count). The predicted molar refractivity (Wildman–Crippen MR) is 86.9 cm³/mol. The third-order valence-electron chi connectivity index (χ3n) is 3.48. The summed E-state index contributed by atoms with van der Waals surface area (Å²) < 4.78 is 4.54. The van der Waals surface area contributed by atoms with E-state index in [1.165, 1.54) is 18.1 Å². The molecule has 0 atom stereocenters. The summed E-state index contributed by atoms with van der Waals surface area (Å²) in [6.07, 6.45) is 1.92. The molecule has 0 aromatic heterocycles. The quantitative estimate of drug-likeness (QED) is 0.789. The summed E-state index contributed by atoms with van der Waals surface area (Å²) in [6, 6.07) is 5.72. The Bertz CT molecular complexity index is 703. The van der Waals surface area contributed by atoms with Gasteiger partial charge in [0, 0.05) is 6.08 Å². The number of rotatable bonds is 3. The number of amides is 1. The molecule has 1 aliphatic heterocycles. The van der Waals surface area contributed by atoms with Crippen LogP contribution < -0.4 is 4.90 Å². The van der Waals surface area contributed by atoms with Gasteiger partial charge in [-0.3, -0.25) is 9.69 Å². The second-order valence-electron chi connectivity index (χ2n) is 4.77. The molecular formula is C16H15Cl2NO3. The lowest BCUT2D eigenvalue weighted by Crippen LogP contribution is -2.27. The molecule has 1 aromatic carbocycles. The lowest BCUT2D eigenvalue weighted by Gasteiger charge is -2.24. The maximum absolute atomic E-state index is 12.4. The largest absolute Gasteiger partial charge is 0.465 e. The number of aryl methyl sites for hydroxylation is 2. The zero-order valence-electron chi connectivity index (χ0n) is 12.4. The van der Waals surface area contributed by atoms with Crippen molar-refractivity contribution in [2.75, 3.05) is 12.0 Å². The molecule has 22 heavy (non-hydrogen) atoms. The van der Waals surface area contributed by atoms with Crippen molar-refractivity contribution >= 4 is 40.8 Å². The van der Waals surface area contributed by atoms with Crippen LogP contribution in [0.25, 0.3) is 0 Å². The van der Waals surface area contributed by atoms with Crippen molar-refractivity contribution in [3.8, 4) is 0 Å². The van der Waals surface area contributed by atoms with Gasteiger partial charge in [-0.25, -0.2) is 4.79 Å². The van der Waals surface area contributed by atoms with Crippen molar-refractivity contribution < 1.29 is 14.3 Å². The summed E-state index contributed by atoms with van der Waals surface area (Å²) in [7, 11) is 1.24. The summed E-state index contributed by atoms with van der Waals surface area (Å²) in [5.41, 5.74) is 2.75. The average molecular weight is 340 g/mol. The predicted octanol–water partition coefficient (Wildman–Crippen LogP) is 3.65. The highest BCUT2D eigenvalue weighted by molar-refractivity contribution is 6.57. The first-order chi connectivity index (χ1) is 10.4. The molecule has 1 amide bonds. The van der Waals surface area contributed by atoms with Gasteiger partial charge in [0.05, 0.1) is 24.1 Å². The first-order valence-corrected chi connectivity index (χ1v) is 7.46. The van der Waals surface area contributed by atoms with E-state index in [-0.39, 0.29) is 21.7 Å². The minimum Gasteiger partial charge on any atom is -0.465 e. The molecule has 1 heterocycles. The van der Waals surface area contributed by atoms with Crippen LogP contribution in [0, 0.1) is 6.92 Å². The first-order valence-electron chi connectivity index (χ1n) is 6.70. The number of carbonyl (C=O) groups excluding carboxylic acids is 2. The van der Waals surface area contributed by atoms with E-state index >= 15 is 0 Å². The Labute approximate surface area is 138 Å². The van der Waals surface area contributed by atoms with Gasteiger partial charge in [0.25, 0.3) is 5.91 Å². The van der Waals surface area contributed by atoms with E-state index in [4.69, 9.17) is 27.9 Å². The Balaban J connectivity index is 2.66. The van der Waals surface area contributed by atoms with Crippen molar-refractivity contribution in [2.24, 2.45) is 0 Å². The molecule has 116 valence electrons. The van der Waals surface area contributed by atoms with E-state index in [0.717, 1.165) is 17.5 Å². The minimum absolute atomic E-state index is 0.0535. The minimum atomic E-state index is -0.656. The van der Waals surface area contributed by atoms with Gasteiger partial charge >= 0.3 is 5.97 Å². The topological polar surface area (TPSA) is 46.6 Å². The highest BCUT2D eigenvalue weighted by Gasteiger charge is 2.36. The van der Waals surface area contributed by atoms with Crippen LogP contribution in [0.3, 0.4) is 0 Å². The van der Waals surface area contributed by atoms with Crippen LogP contribution in [-0.2, 0) is 20.7 Å². The standard InChI is InChI=1S/C16H15Cl2NO3/c1-4-10-7-5-6-9(2)13(10)19-12(20)8-11(16(21)22-3)14(19)15(17)18/h5-8H,4H2,1-3H3. The van der Waals surface area contributed by atoms with E-state index in [1.54, 1.807) is 0 Å². The van der Waals surface area contributed by atoms with Gasteiger partial charge in [-0.05, 0) is 24.5 Å². The van der Waals surface area contributed by atoms with Gasteiger partial charge in [-0.1, -0.05) is 48.3 Å². The fourth-order valence-corrected chi connectivity index (χ4v) is 2.86. The fourth-order valence-electron chi connectivity index (χ4n) is 2.49. The number of carbonyl (C=O) groups is 2. The zero-order valence-corrected chi connectivity index (χ0v) is 14.0. The number of hydrogen-bond donors (Lipinski definition) is 0. The van der Waals surface area contributed by atoms with Gasteiger partial charge in [0.15, 0.2) is 0 Å². The van der Waals surface area contributed by atoms with E-state index in [9.17, 15) is 9.59 Å². The average Bonchev–Trinajstić information content (AvgIpc) is 2.83. The summed E-state index contributed by atoms with van der Waals surface area (Å²) in [6.45, 7) is 3.87. The number of benzene rings is 1. The number of hydrogen-bond acceptors (Lipinski definition) is 3. The maximum atomic E-state index is 12.4. The van der Waals surface area contributed by atoms with Gasteiger partial charge < -0.3 is 4.74 Å². The number of methoxy groups -OCH3 is 1. The smallest absolute Gasteiger partial charge is 0.340 e. The summed E-state index contributed by atoms with van der Waals surface area (Å²) in [5.74, 6) is -1.03. The van der Waals surface area contributed by atoms with E-state index < -0.39 is 5.97 Å². The molecule has 1 aliphatic rings. The van der Waals surface area contributed by atoms with Crippen LogP contribution in [0.5, 0.6) is 0 Å². The molecule has 1 aromatic rings. The highest BCUT2D eigenvalue weighted by atomic mass is 35.5. The monoisotopic (exact) mass is 339 g/mol. The highest BCUT2D eigenvalue weighted by Crippen LogP contribution is 2.38. The van der Waals surface area contributed by atoms with Crippen LogP contribution in [0.4, 0.5) is 5.69 Å². The van der Waals surface area contributed by atoms with Gasteiger partial charge in [-0.2, -0.15) is 0 Å². The number of para-hydroxylation sites is 1. The molecule has 0 unspecified atom stereocenters. The van der Waals surface area contributed by atoms with Crippen LogP contribution in [0.1, 0.15) is 18.1 Å². The van der Waals surface area contributed by atoms with E-state index in [2.05, 4.69) is 0 Å². The lowest BCUT2D eigenvalue weighted by molar-refractivity contribution is -0.135. The number of esters is 1. The number of ether oxygens (including phenoxy) is 1. The SMILES string of the molecule is CCc1cccc(C)c1N1C(=O)C=C(C(=O)OC)C1=C(Cl)Cl. The van der Waals surface area contributed by atoms with Gasteiger partial charge in [0.1, 0.15) is 4.49 Å². The van der Waals surface area contributed by atoms with Crippen LogP contribution in [0.15, 0.2) is 40.0 Å². The van der Waals surface area contributed by atoms with Crippen molar-refractivity contribution in [3.63, 3.8) is 0 Å².